The molecule has 0 atom stereocenters. The highest BCUT2D eigenvalue weighted by Crippen LogP contribution is 2.43. The first kappa shape index (κ1) is 9.94. The Kier molecular flexibility index (Phi) is 2.06. The monoisotopic (exact) mass is 242 g/mol. The molecule has 0 unspecified atom stereocenters. The third-order valence-corrected chi connectivity index (χ3v) is 3.20. The molecule has 2 aromatic rings. The number of rotatable bonds is 1. The highest BCUT2D eigenvalue weighted by molar-refractivity contribution is 5.78. The van der Waals surface area contributed by atoms with Crippen LogP contribution in [0.4, 0.5) is 0 Å². The number of benzene rings is 2. The number of hydrogen-bond donors (Lipinski definition) is 0. The summed E-state index contributed by atoms with van der Waals surface area (Å²) in [5.41, 5.74) is 4.02. The van der Waals surface area contributed by atoms with Gasteiger partial charge in [0.25, 0.3) is 0 Å². The number of hydrogen-bond acceptors (Lipinski definition) is 4. The minimum Gasteiger partial charge on any atom is -0.336 e. The first-order valence-corrected chi connectivity index (χ1v) is 5.76. The summed E-state index contributed by atoms with van der Waals surface area (Å²) >= 11 is 0. The van der Waals surface area contributed by atoms with E-state index in [-0.39, 0.29) is 0 Å². The van der Waals surface area contributed by atoms with Crippen LogP contribution in [0.5, 0.6) is 11.5 Å². The van der Waals surface area contributed by atoms with E-state index in [9.17, 15) is 0 Å². The first-order chi connectivity index (χ1) is 8.93. The molecular formula is C14H10O4. The summed E-state index contributed by atoms with van der Waals surface area (Å²) in [4.78, 5) is 20.5. The average molecular weight is 242 g/mol. The topological polar surface area (TPSA) is 36.9 Å². The van der Waals surface area contributed by atoms with E-state index < -0.39 is 0 Å². The van der Waals surface area contributed by atoms with Crippen LogP contribution in [0.25, 0.3) is 11.1 Å². The second-order valence-corrected chi connectivity index (χ2v) is 4.28. The van der Waals surface area contributed by atoms with Crippen LogP contribution < -0.4 is 9.78 Å². The maximum atomic E-state index is 5.25. The van der Waals surface area contributed by atoms with Gasteiger partial charge >= 0.3 is 0 Å². The van der Waals surface area contributed by atoms with Crippen molar-refractivity contribution >= 4 is 0 Å². The van der Waals surface area contributed by atoms with Crippen LogP contribution in [0.2, 0.25) is 0 Å². The van der Waals surface area contributed by atoms with Crippen molar-refractivity contribution in [2.75, 3.05) is 0 Å². The zero-order valence-electron chi connectivity index (χ0n) is 9.51. The fourth-order valence-electron chi connectivity index (χ4n) is 2.32. The first-order valence-electron chi connectivity index (χ1n) is 5.76. The molecule has 0 fully saturated rings. The van der Waals surface area contributed by atoms with Gasteiger partial charge in [0.05, 0.1) is 0 Å². The summed E-state index contributed by atoms with van der Waals surface area (Å²) in [6.07, 6.45) is 0. The molecule has 0 bridgehead atoms. The van der Waals surface area contributed by atoms with Gasteiger partial charge in [-0.2, -0.15) is 9.78 Å². The van der Waals surface area contributed by atoms with Crippen LogP contribution >= 0.6 is 0 Å². The molecule has 0 saturated heterocycles. The van der Waals surface area contributed by atoms with E-state index >= 15 is 0 Å². The summed E-state index contributed by atoms with van der Waals surface area (Å²) in [5, 5.41) is 0. The molecule has 0 aromatic heterocycles. The summed E-state index contributed by atoms with van der Waals surface area (Å²) in [7, 11) is 0. The SMILES string of the molecule is c1cc2c(c(-c3cccc4c3OOC4)c1)OOC2. The number of para-hydroxylation sites is 2. The van der Waals surface area contributed by atoms with Gasteiger partial charge in [0.15, 0.2) is 11.5 Å². The van der Waals surface area contributed by atoms with Crippen molar-refractivity contribution in [3.05, 3.63) is 47.5 Å². The van der Waals surface area contributed by atoms with Gasteiger partial charge in [0.1, 0.15) is 13.2 Å². The van der Waals surface area contributed by atoms with E-state index in [1.807, 2.05) is 36.4 Å². The maximum Gasteiger partial charge on any atom is 0.179 e. The molecule has 4 rings (SSSR count). The van der Waals surface area contributed by atoms with E-state index in [0.717, 1.165) is 33.8 Å². The molecule has 0 aliphatic carbocycles. The normalized spacial score (nSPS) is 15.8. The molecule has 0 spiro atoms. The van der Waals surface area contributed by atoms with Crippen LogP contribution in [0.1, 0.15) is 11.1 Å². The molecule has 2 aliphatic heterocycles. The van der Waals surface area contributed by atoms with Crippen molar-refractivity contribution in [1.82, 2.24) is 0 Å². The van der Waals surface area contributed by atoms with E-state index in [2.05, 4.69) is 0 Å². The summed E-state index contributed by atoms with van der Waals surface area (Å²) in [6.45, 7) is 0.963. The van der Waals surface area contributed by atoms with Gasteiger partial charge in [-0.3, -0.25) is 0 Å². The largest absolute Gasteiger partial charge is 0.336 e. The second kappa shape index (κ2) is 3.73. The van der Waals surface area contributed by atoms with Crippen LogP contribution in [-0.2, 0) is 23.0 Å². The smallest absolute Gasteiger partial charge is 0.179 e. The van der Waals surface area contributed by atoms with Gasteiger partial charge in [-0.25, -0.2) is 0 Å². The standard InChI is InChI=1S/C14H10O4/c1-3-9-7-15-17-13(9)11(5-1)12-6-2-4-10-8-16-18-14(10)12/h1-6H,7-8H2. The van der Waals surface area contributed by atoms with Crippen molar-refractivity contribution in [3.63, 3.8) is 0 Å². The molecule has 90 valence electrons. The Morgan fingerprint density at radius 3 is 1.67 bits per heavy atom. The Hall–Kier alpha value is -2.04. The van der Waals surface area contributed by atoms with Crippen molar-refractivity contribution < 1.29 is 19.6 Å². The molecule has 4 heteroatoms. The van der Waals surface area contributed by atoms with Crippen molar-refractivity contribution in [3.8, 4) is 22.6 Å². The molecule has 2 heterocycles. The van der Waals surface area contributed by atoms with Crippen LogP contribution in [0.3, 0.4) is 0 Å². The van der Waals surface area contributed by atoms with E-state index in [1.54, 1.807) is 0 Å². The zero-order valence-corrected chi connectivity index (χ0v) is 9.51. The average Bonchev–Trinajstić information content (AvgIpc) is 3.06. The number of fused-ring (bicyclic) bond motifs is 2. The van der Waals surface area contributed by atoms with Crippen LogP contribution in [0, 0.1) is 0 Å². The van der Waals surface area contributed by atoms with Gasteiger partial charge in [0, 0.05) is 22.3 Å². The van der Waals surface area contributed by atoms with Gasteiger partial charge in [-0.05, 0) is 0 Å². The Bertz CT molecular complexity index is 566. The lowest BCUT2D eigenvalue weighted by molar-refractivity contribution is -0.195. The van der Waals surface area contributed by atoms with Crippen LogP contribution in [0.15, 0.2) is 36.4 Å². The molecule has 2 aliphatic rings. The molecule has 18 heavy (non-hydrogen) atoms. The Labute approximate surface area is 104 Å². The molecule has 0 amide bonds. The summed E-state index contributed by atoms with van der Waals surface area (Å²) in [6, 6.07) is 11.9. The lowest BCUT2D eigenvalue weighted by atomic mass is 9.99. The zero-order chi connectivity index (χ0) is 11.9. The molecule has 0 N–H and O–H groups in total. The van der Waals surface area contributed by atoms with Gasteiger partial charge in [0.2, 0.25) is 0 Å². The Balaban J connectivity index is 1.95. The minimum atomic E-state index is 0.482. The summed E-state index contributed by atoms with van der Waals surface area (Å²) < 4.78 is 0. The van der Waals surface area contributed by atoms with Crippen molar-refractivity contribution in [2.24, 2.45) is 0 Å². The molecule has 0 radical (unpaired) electrons. The second-order valence-electron chi connectivity index (χ2n) is 4.28. The third kappa shape index (κ3) is 1.33. The van der Waals surface area contributed by atoms with E-state index in [0.29, 0.717) is 13.2 Å². The van der Waals surface area contributed by atoms with Crippen molar-refractivity contribution in [1.29, 1.82) is 0 Å². The molecule has 2 aromatic carbocycles. The minimum absolute atomic E-state index is 0.482. The molecule has 0 saturated carbocycles. The fraction of sp³-hybridized carbons (Fsp3) is 0.143. The predicted molar refractivity (Wildman–Crippen MR) is 62.7 cm³/mol. The lowest BCUT2D eigenvalue weighted by Crippen LogP contribution is -1.90. The Morgan fingerprint density at radius 2 is 1.17 bits per heavy atom. The maximum absolute atomic E-state index is 5.25. The third-order valence-electron chi connectivity index (χ3n) is 3.20. The van der Waals surface area contributed by atoms with Gasteiger partial charge in [-0.1, -0.05) is 36.4 Å². The fourth-order valence-corrected chi connectivity index (χ4v) is 2.32. The Morgan fingerprint density at radius 1 is 0.667 bits per heavy atom. The highest BCUT2D eigenvalue weighted by atomic mass is 17.2. The molecular weight excluding hydrogens is 232 g/mol. The lowest BCUT2D eigenvalue weighted by Gasteiger charge is -2.08. The summed E-state index contributed by atoms with van der Waals surface area (Å²) in [5.74, 6) is 1.53. The predicted octanol–water partition coefficient (Wildman–Crippen LogP) is 3.00. The van der Waals surface area contributed by atoms with Gasteiger partial charge in [-0.15, -0.1) is 0 Å². The van der Waals surface area contributed by atoms with Crippen LogP contribution in [-0.4, -0.2) is 0 Å². The van der Waals surface area contributed by atoms with Crippen molar-refractivity contribution in [2.45, 2.75) is 13.2 Å². The van der Waals surface area contributed by atoms with E-state index in [1.165, 1.54) is 0 Å². The quantitative estimate of drug-likeness (QED) is 0.720. The van der Waals surface area contributed by atoms with E-state index in [4.69, 9.17) is 19.6 Å². The van der Waals surface area contributed by atoms with Gasteiger partial charge < -0.3 is 9.78 Å². The highest BCUT2D eigenvalue weighted by Gasteiger charge is 2.24. The molecule has 4 nitrogen and oxygen atoms in total.